The number of halogens is 2. The lowest BCUT2D eigenvalue weighted by molar-refractivity contribution is 0.607. The van der Waals surface area contributed by atoms with Gasteiger partial charge in [-0.05, 0) is 24.3 Å². The highest BCUT2D eigenvalue weighted by molar-refractivity contribution is 9.10. The zero-order valence-corrected chi connectivity index (χ0v) is 13.3. The van der Waals surface area contributed by atoms with Gasteiger partial charge in [-0.2, -0.15) is 0 Å². The summed E-state index contributed by atoms with van der Waals surface area (Å²) >= 11 is 8.30. The molecule has 5 heteroatoms. The first kappa shape index (κ1) is 14.9. The average molecular weight is 353 g/mol. The molecule has 2 aromatic rings. The zero-order valence-electron chi connectivity index (χ0n) is 10.9. The smallest absolute Gasteiger partial charge is 0.129 e. The van der Waals surface area contributed by atoms with Gasteiger partial charge in [0.1, 0.15) is 10.8 Å². The first-order valence-electron chi connectivity index (χ1n) is 6.03. The van der Waals surface area contributed by atoms with Gasteiger partial charge in [-0.3, -0.25) is 0 Å². The van der Waals surface area contributed by atoms with Crippen LogP contribution in [0.2, 0.25) is 0 Å². The van der Waals surface area contributed by atoms with Crippen LogP contribution in [0.5, 0.6) is 0 Å². The molecular weight excluding hydrogens is 339 g/mol. The topological polar surface area (TPSA) is 29.3 Å². The molecule has 20 heavy (non-hydrogen) atoms. The predicted molar refractivity (Wildman–Crippen MR) is 88.5 cm³/mol. The van der Waals surface area contributed by atoms with Gasteiger partial charge in [0, 0.05) is 34.9 Å². The van der Waals surface area contributed by atoms with E-state index in [1.807, 2.05) is 42.3 Å². The molecule has 2 N–H and O–H groups in total. The van der Waals surface area contributed by atoms with Crippen molar-refractivity contribution in [3.8, 4) is 0 Å². The minimum Gasteiger partial charge on any atom is -0.389 e. The molecule has 0 heterocycles. The molecule has 0 aliphatic rings. The van der Waals surface area contributed by atoms with Gasteiger partial charge in [-0.25, -0.2) is 4.39 Å². The summed E-state index contributed by atoms with van der Waals surface area (Å²) in [6.45, 7) is 0.443. The number of rotatable bonds is 4. The van der Waals surface area contributed by atoms with Gasteiger partial charge in [0.2, 0.25) is 0 Å². The lowest BCUT2D eigenvalue weighted by Crippen LogP contribution is -2.22. The van der Waals surface area contributed by atoms with Crippen LogP contribution in [-0.4, -0.2) is 12.0 Å². The van der Waals surface area contributed by atoms with E-state index >= 15 is 0 Å². The minimum absolute atomic E-state index is 0.237. The number of nitrogens with zero attached hydrogens (tertiary/aromatic N) is 1. The van der Waals surface area contributed by atoms with Crippen molar-refractivity contribution in [3.63, 3.8) is 0 Å². The Morgan fingerprint density at radius 2 is 2.00 bits per heavy atom. The van der Waals surface area contributed by atoms with Crippen LogP contribution in [0.1, 0.15) is 11.1 Å². The summed E-state index contributed by atoms with van der Waals surface area (Å²) in [4.78, 5) is 2.27. The summed E-state index contributed by atoms with van der Waals surface area (Å²) in [5, 5.41) is 0. The van der Waals surface area contributed by atoms with Crippen molar-refractivity contribution in [1.82, 2.24) is 0 Å². The molecule has 0 aliphatic carbocycles. The first-order valence-corrected chi connectivity index (χ1v) is 7.23. The summed E-state index contributed by atoms with van der Waals surface area (Å²) in [5.74, 6) is -0.237. The third-order valence-corrected chi connectivity index (χ3v) is 3.72. The fourth-order valence-corrected chi connectivity index (χ4v) is 2.51. The quantitative estimate of drug-likeness (QED) is 0.847. The van der Waals surface area contributed by atoms with Gasteiger partial charge >= 0.3 is 0 Å². The van der Waals surface area contributed by atoms with Gasteiger partial charge in [0.05, 0.1) is 0 Å². The lowest BCUT2D eigenvalue weighted by atomic mass is 10.1. The largest absolute Gasteiger partial charge is 0.389 e. The molecule has 0 bridgehead atoms. The Bertz CT molecular complexity index is 646. The van der Waals surface area contributed by atoms with E-state index in [1.165, 1.54) is 6.07 Å². The van der Waals surface area contributed by atoms with Gasteiger partial charge in [-0.15, -0.1) is 0 Å². The number of hydrogen-bond acceptors (Lipinski definition) is 2. The fourth-order valence-electron chi connectivity index (χ4n) is 2.01. The second kappa shape index (κ2) is 6.33. The van der Waals surface area contributed by atoms with Crippen molar-refractivity contribution >= 4 is 38.8 Å². The Balaban J connectivity index is 2.28. The SMILES string of the molecule is CN(Cc1ccc(Br)cc1F)c1ccccc1C(N)=S. The van der Waals surface area contributed by atoms with Crippen molar-refractivity contribution in [2.45, 2.75) is 6.54 Å². The third-order valence-electron chi connectivity index (χ3n) is 3.00. The molecule has 0 radical (unpaired) electrons. The lowest BCUT2D eigenvalue weighted by Gasteiger charge is -2.22. The Kier molecular flexibility index (Phi) is 4.73. The van der Waals surface area contributed by atoms with E-state index in [1.54, 1.807) is 6.07 Å². The second-order valence-electron chi connectivity index (χ2n) is 4.47. The van der Waals surface area contributed by atoms with Crippen molar-refractivity contribution in [2.24, 2.45) is 5.73 Å². The Morgan fingerprint density at radius 3 is 2.65 bits per heavy atom. The Labute approximate surface area is 131 Å². The molecule has 0 saturated carbocycles. The number of para-hydroxylation sites is 1. The summed E-state index contributed by atoms with van der Waals surface area (Å²) in [7, 11) is 1.89. The van der Waals surface area contributed by atoms with Crippen LogP contribution in [-0.2, 0) is 6.54 Å². The number of benzene rings is 2. The van der Waals surface area contributed by atoms with E-state index in [-0.39, 0.29) is 5.82 Å². The van der Waals surface area contributed by atoms with E-state index in [2.05, 4.69) is 15.9 Å². The molecule has 0 fully saturated rings. The highest BCUT2D eigenvalue weighted by Gasteiger charge is 2.11. The van der Waals surface area contributed by atoms with Crippen molar-refractivity contribution < 1.29 is 4.39 Å². The van der Waals surface area contributed by atoms with Crippen LogP contribution in [0.25, 0.3) is 0 Å². The average Bonchev–Trinajstić information content (AvgIpc) is 2.41. The molecule has 0 saturated heterocycles. The second-order valence-corrected chi connectivity index (χ2v) is 5.83. The van der Waals surface area contributed by atoms with Crippen LogP contribution in [0.4, 0.5) is 10.1 Å². The van der Waals surface area contributed by atoms with Crippen LogP contribution < -0.4 is 10.6 Å². The molecule has 0 aromatic heterocycles. The maximum Gasteiger partial charge on any atom is 0.129 e. The van der Waals surface area contributed by atoms with E-state index in [0.29, 0.717) is 17.1 Å². The molecule has 2 rings (SSSR count). The Hall–Kier alpha value is -1.46. The molecule has 0 spiro atoms. The van der Waals surface area contributed by atoms with E-state index in [4.69, 9.17) is 18.0 Å². The molecule has 0 atom stereocenters. The number of thiocarbonyl (C=S) groups is 1. The molecule has 2 aromatic carbocycles. The van der Waals surface area contributed by atoms with Gasteiger partial charge in [0.25, 0.3) is 0 Å². The molecule has 2 nitrogen and oxygen atoms in total. The van der Waals surface area contributed by atoms with Gasteiger partial charge < -0.3 is 10.6 Å². The fraction of sp³-hybridized carbons (Fsp3) is 0.133. The van der Waals surface area contributed by atoms with E-state index in [9.17, 15) is 4.39 Å². The van der Waals surface area contributed by atoms with Crippen LogP contribution >= 0.6 is 28.1 Å². The van der Waals surface area contributed by atoms with E-state index < -0.39 is 0 Å². The molecule has 0 amide bonds. The maximum absolute atomic E-state index is 13.9. The van der Waals surface area contributed by atoms with Gasteiger partial charge in [0.15, 0.2) is 0 Å². The summed E-state index contributed by atoms with van der Waals surface area (Å²) in [6.07, 6.45) is 0. The predicted octanol–water partition coefficient (Wildman–Crippen LogP) is 3.86. The third kappa shape index (κ3) is 3.35. The number of hydrogen-bond donors (Lipinski definition) is 1. The number of nitrogens with two attached hydrogens (primary N) is 1. The molecule has 0 unspecified atom stereocenters. The normalized spacial score (nSPS) is 10.3. The van der Waals surface area contributed by atoms with Crippen molar-refractivity contribution in [2.75, 3.05) is 11.9 Å². The molecular formula is C15H14BrFN2S. The first-order chi connectivity index (χ1) is 9.49. The summed E-state index contributed by atoms with van der Waals surface area (Å²) in [5.41, 5.74) is 8.02. The minimum atomic E-state index is -0.237. The zero-order chi connectivity index (χ0) is 14.7. The van der Waals surface area contributed by atoms with Gasteiger partial charge in [-0.1, -0.05) is 46.3 Å². The molecule has 104 valence electrons. The highest BCUT2D eigenvalue weighted by atomic mass is 79.9. The van der Waals surface area contributed by atoms with E-state index in [0.717, 1.165) is 15.7 Å². The summed E-state index contributed by atoms with van der Waals surface area (Å²) < 4.78 is 14.6. The summed E-state index contributed by atoms with van der Waals surface area (Å²) in [6, 6.07) is 12.6. The standard InChI is InChI=1S/C15H14BrFN2S/c1-19(9-10-6-7-11(16)8-13(10)17)14-5-3-2-4-12(14)15(18)20/h2-8H,9H2,1H3,(H2,18,20). The number of anilines is 1. The van der Waals surface area contributed by atoms with Crippen molar-refractivity contribution in [1.29, 1.82) is 0 Å². The maximum atomic E-state index is 13.9. The van der Waals surface area contributed by atoms with Crippen LogP contribution in [0.3, 0.4) is 0 Å². The monoisotopic (exact) mass is 352 g/mol. The molecule has 0 aliphatic heterocycles. The highest BCUT2D eigenvalue weighted by Crippen LogP contribution is 2.23. The van der Waals surface area contributed by atoms with Crippen molar-refractivity contribution in [3.05, 3.63) is 63.9 Å². The Morgan fingerprint density at radius 1 is 1.30 bits per heavy atom. The van der Waals surface area contributed by atoms with Crippen LogP contribution in [0, 0.1) is 5.82 Å². The van der Waals surface area contributed by atoms with Crippen LogP contribution in [0.15, 0.2) is 46.9 Å².